The first-order chi connectivity index (χ1) is 11.2. The Morgan fingerprint density at radius 3 is 2.54 bits per heavy atom. The zero-order valence-electron chi connectivity index (χ0n) is 14.4. The maximum absolute atomic E-state index is 12.9. The number of nitrogens with zero attached hydrogens (tertiary/aromatic N) is 1. The Hall–Kier alpha value is -0.340. The highest BCUT2D eigenvalue weighted by molar-refractivity contribution is 14.1. The van der Waals surface area contributed by atoms with E-state index in [1.165, 1.54) is 0 Å². The number of benzene rings is 1. The van der Waals surface area contributed by atoms with E-state index in [0.717, 1.165) is 34.9 Å². The summed E-state index contributed by atoms with van der Waals surface area (Å²) in [5, 5.41) is 0. The van der Waals surface area contributed by atoms with Crippen LogP contribution in [0.5, 0.6) is 0 Å². The second kappa shape index (κ2) is 7.91. The quantitative estimate of drug-likeness (QED) is 0.533. The highest BCUT2D eigenvalue weighted by Gasteiger charge is 2.57. The molecule has 1 aromatic carbocycles. The van der Waals surface area contributed by atoms with Gasteiger partial charge in [-0.15, -0.1) is 0 Å². The first kappa shape index (κ1) is 20.0. The lowest BCUT2D eigenvalue weighted by Crippen LogP contribution is -2.58. The Balaban J connectivity index is 2.41. The molecule has 2 rings (SSSR count). The molecule has 0 bridgehead atoms. The summed E-state index contributed by atoms with van der Waals surface area (Å²) in [5.74, 6) is 0.206. The van der Waals surface area contributed by atoms with E-state index in [4.69, 9.17) is 4.74 Å². The summed E-state index contributed by atoms with van der Waals surface area (Å²) in [6.07, 6.45) is -1.58. The fourth-order valence-electron chi connectivity index (χ4n) is 3.92. The molecule has 6 heteroatoms. The molecule has 1 aromatic rings. The van der Waals surface area contributed by atoms with E-state index >= 15 is 0 Å². The summed E-state index contributed by atoms with van der Waals surface area (Å²) in [6, 6.07) is 7.75. The Labute approximate surface area is 155 Å². The molecule has 136 valence electrons. The van der Waals surface area contributed by atoms with E-state index in [0.29, 0.717) is 0 Å². The average molecular weight is 455 g/mol. The number of rotatable bonds is 7. The van der Waals surface area contributed by atoms with Crippen molar-refractivity contribution in [2.75, 3.05) is 27.2 Å². The minimum atomic E-state index is -4.32. The molecule has 1 aliphatic rings. The molecule has 1 fully saturated rings. The van der Waals surface area contributed by atoms with Crippen LogP contribution in [-0.4, -0.2) is 38.3 Å². The first-order valence-corrected chi connectivity index (χ1v) is 9.38. The van der Waals surface area contributed by atoms with Crippen LogP contribution in [0, 0.1) is 15.4 Å². The van der Waals surface area contributed by atoms with E-state index in [9.17, 15) is 13.2 Å². The fraction of sp³-hybridized carbons (Fsp3) is 0.667. The van der Waals surface area contributed by atoms with E-state index in [1.807, 2.05) is 43.3 Å². The Morgan fingerprint density at radius 2 is 2.00 bits per heavy atom. The lowest BCUT2D eigenvalue weighted by molar-refractivity contribution is -0.266. The third kappa shape index (κ3) is 4.43. The van der Waals surface area contributed by atoms with Crippen molar-refractivity contribution in [3.63, 3.8) is 0 Å². The number of halogens is 4. The minimum Gasteiger partial charge on any atom is -0.360 e. The molecule has 2 nitrogen and oxygen atoms in total. The smallest absolute Gasteiger partial charge is 0.360 e. The molecular formula is C18H25F3INO. The molecule has 1 aliphatic carbocycles. The number of ether oxygens (including phenoxy) is 1. The molecule has 0 heterocycles. The first-order valence-electron chi connectivity index (χ1n) is 8.30. The maximum atomic E-state index is 12.9. The van der Waals surface area contributed by atoms with Crippen molar-refractivity contribution >= 4 is 22.6 Å². The number of hydrogen-bond donors (Lipinski definition) is 0. The van der Waals surface area contributed by atoms with Gasteiger partial charge in [0, 0.05) is 16.0 Å². The van der Waals surface area contributed by atoms with Gasteiger partial charge in [-0.2, -0.15) is 13.2 Å². The summed E-state index contributed by atoms with van der Waals surface area (Å²) >= 11 is 2.20. The monoisotopic (exact) mass is 455 g/mol. The second-order valence-electron chi connectivity index (χ2n) is 6.89. The maximum Gasteiger partial charge on any atom is 0.411 e. The highest BCUT2D eigenvalue weighted by Crippen LogP contribution is 2.56. The summed E-state index contributed by atoms with van der Waals surface area (Å²) in [6.45, 7) is 1.61. The van der Waals surface area contributed by atoms with E-state index < -0.39 is 18.4 Å². The third-order valence-electron chi connectivity index (χ3n) is 4.76. The molecule has 0 aromatic heterocycles. The van der Waals surface area contributed by atoms with Crippen LogP contribution >= 0.6 is 22.6 Å². The van der Waals surface area contributed by atoms with Gasteiger partial charge < -0.3 is 9.64 Å². The van der Waals surface area contributed by atoms with Crippen LogP contribution in [0.1, 0.15) is 31.7 Å². The molecule has 0 amide bonds. The highest BCUT2D eigenvalue weighted by atomic mass is 127. The Kier molecular flexibility index (Phi) is 6.58. The van der Waals surface area contributed by atoms with Crippen molar-refractivity contribution in [3.8, 4) is 0 Å². The molecule has 3 atom stereocenters. The predicted molar refractivity (Wildman–Crippen MR) is 97.9 cm³/mol. The van der Waals surface area contributed by atoms with Gasteiger partial charge >= 0.3 is 6.18 Å². The summed E-state index contributed by atoms with van der Waals surface area (Å²) in [5.41, 5.74) is 0.0481. The van der Waals surface area contributed by atoms with Gasteiger partial charge in [0.1, 0.15) is 12.2 Å². The zero-order valence-corrected chi connectivity index (χ0v) is 16.5. The molecule has 0 aliphatic heterocycles. The lowest BCUT2D eigenvalue weighted by atomic mass is 9.56. The van der Waals surface area contributed by atoms with Crippen LogP contribution in [-0.2, 0) is 10.3 Å². The van der Waals surface area contributed by atoms with Crippen LogP contribution in [0.25, 0.3) is 0 Å². The molecule has 0 N–H and O–H groups in total. The lowest BCUT2D eigenvalue weighted by Gasteiger charge is -2.57. The van der Waals surface area contributed by atoms with Crippen LogP contribution < -0.4 is 0 Å². The van der Waals surface area contributed by atoms with Gasteiger partial charge in [-0.25, -0.2) is 0 Å². The van der Waals surface area contributed by atoms with Crippen LogP contribution in [0.15, 0.2) is 24.3 Å². The van der Waals surface area contributed by atoms with Crippen LogP contribution in [0.3, 0.4) is 0 Å². The summed E-state index contributed by atoms with van der Waals surface area (Å²) in [4.78, 5) is 2.03. The van der Waals surface area contributed by atoms with Gasteiger partial charge in [-0.1, -0.05) is 25.5 Å². The van der Waals surface area contributed by atoms with Gasteiger partial charge in [-0.05, 0) is 73.1 Å². The summed E-state index contributed by atoms with van der Waals surface area (Å²) < 4.78 is 45.4. The zero-order chi connectivity index (χ0) is 18.0. The molecular weight excluding hydrogens is 430 g/mol. The van der Waals surface area contributed by atoms with Gasteiger partial charge in [0.15, 0.2) is 0 Å². The molecule has 3 unspecified atom stereocenters. The summed E-state index contributed by atoms with van der Waals surface area (Å²) in [7, 11) is 3.91. The Bertz CT molecular complexity index is 549. The van der Waals surface area contributed by atoms with Gasteiger partial charge in [0.25, 0.3) is 0 Å². The SMILES string of the molecule is CCCC1CC(CN(C)C)C1(OCC(F)(F)F)c1cccc(I)c1. The van der Waals surface area contributed by atoms with E-state index in [2.05, 4.69) is 29.5 Å². The van der Waals surface area contributed by atoms with E-state index in [1.54, 1.807) is 0 Å². The number of hydrogen-bond acceptors (Lipinski definition) is 2. The average Bonchev–Trinajstić information content (AvgIpc) is 2.45. The largest absolute Gasteiger partial charge is 0.411 e. The van der Waals surface area contributed by atoms with Crippen molar-refractivity contribution in [2.24, 2.45) is 11.8 Å². The normalized spacial score (nSPS) is 27.3. The Morgan fingerprint density at radius 1 is 1.29 bits per heavy atom. The van der Waals surface area contributed by atoms with Gasteiger partial charge in [0.05, 0.1) is 0 Å². The van der Waals surface area contributed by atoms with Crippen LogP contribution in [0.4, 0.5) is 13.2 Å². The van der Waals surface area contributed by atoms with Crippen molar-refractivity contribution in [3.05, 3.63) is 33.4 Å². The van der Waals surface area contributed by atoms with Crippen LogP contribution in [0.2, 0.25) is 0 Å². The minimum absolute atomic E-state index is 0.0737. The molecule has 0 saturated heterocycles. The van der Waals surface area contributed by atoms with E-state index in [-0.39, 0.29) is 11.8 Å². The molecule has 0 radical (unpaired) electrons. The van der Waals surface area contributed by atoms with Crippen molar-refractivity contribution in [1.29, 1.82) is 0 Å². The topological polar surface area (TPSA) is 12.5 Å². The standard InChI is InChI=1S/C18H25F3INO/c1-4-6-13-9-15(11-23(2)3)18(13,24-12-17(19,20)21)14-7-5-8-16(22)10-14/h5,7-8,10,13,15H,4,6,9,11-12H2,1-3H3. The number of alkyl halides is 3. The van der Waals surface area contributed by atoms with Crippen molar-refractivity contribution < 1.29 is 17.9 Å². The second-order valence-corrected chi connectivity index (χ2v) is 8.13. The van der Waals surface area contributed by atoms with Crippen molar-refractivity contribution in [1.82, 2.24) is 4.90 Å². The molecule has 1 saturated carbocycles. The van der Waals surface area contributed by atoms with Gasteiger partial charge in [0.2, 0.25) is 0 Å². The molecule has 0 spiro atoms. The molecule has 24 heavy (non-hydrogen) atoms. The predicted octanol–water partition coefficient (Wildman–Crippen LogP) is 5.06. The van der Waals surface area contributed by atoms with Gasteiger partial charge in [-0.3, -0.25) is 0 Å². The van der Waals surface area contributed by atoms with Crippen molar-refractivity contribution in [2.45, 2.75) is 38.0 Å². The third-order valence-corrected chi connectivity index (χ3v) is 5.43. The fourth-order valence-corrected chi connectivity index (χ4v) is 4.46.